The average Bonchev–Trinajstić information content (AvgIpc) is 2.35. The number of aliphatic imine (C=N–C) groups is 1. The second-order valence-corrected chi connectivity index (χ2v) is 1.97. The fourth-order valence-electron chi connectivity index (χ4n) is 0.323. The normalized spacial score (nSPS) is 10.4. The topological polar surface area (TPSA) is 105 Å². The van der Waals surface area contributed by atoms with E-state index in [2.05, 4.69) is 10.3 Å². The van der Waals surface area contributed by atoms with Gasteiger partial charge in [-0.3, -0.25) is 4.99 Å². The molecule has 7 heteroatoms. The standard InChI is InChI=1S/C3H6N2.2C2H4O2.Ni/c1-2-5-3-4-1;2*1-2(3)4;/h3H,1-2H2,(H,4,5);2*1H3,(H,3,4);/q;;;+2/p-2. The summed E-state index contributed by atoms with van der Waals surface area (Å²) in [6.45, 7) is 3.93. The summed E-state index contributed by atoms with van der Waals surface area (Å²) in [5.74, 6) is -2.17. The van der Waals surface area contributed by atoms with Gasteiger partial charge >= 0.3 is 16.5 Å². The Balaban J connectivity index is -0.000000127. The number of carbonyl (C=O) groups is 2. The Morgan fingerprint density at radius 1 is 1.29 bits per heavy atom. The Labute approximate surface area is 92.3 Å². The van der Waals surface area contributed by atoms with Gasteiger partial charge in [0.2, 0.25) is 0 Å². The van der Waals surface area contributed by atoms with Crippen LogP contribution in [0.5, 0.6) is 0 Å². The number of nitrogens with zero attached hydrogens (tertiary/aromatic N) is 1. The van der Waals surface area contributed by atoms with E-state index in [1.54, 1.807) is 6.34 Å². The van der Waals surface area contributed by atoms with Crippen molar-refractivity contribution >= 4 is 18.3 Å². The number of nitrogens with one attached hydrogen (secondary N) is 1. The first-order chi connectivity index (χ1) is 5.96. The van der Waals surface area contributed by atoms with E-state index in [1.807, 2.05) is 0 Å². The van der Waals surface area contributed by atoms with Gasteiger partial charge in [0.25, 0.3) is 0 Å². The predicted molar refractivity (Wildman–Crippen MR) is 42.7 cm³/mol. The summed E-state index contributed by atoms with van der Waals surface area (Å²) in [6.07, 6.45) is 1.74. The molecule has 14 heavy (non-hydrogen) atoms. The Kier molecular flexibility index (Phi) is 19.2. The van der Waals surface area contributed by atoms with Crippen molar-refractivity contribution in [2.24, 2.45) is 4.99 Å². The first-order valence-electron chi connectivity index (χ1n) is 3.53. The first-order valence-corrected chi connectivity index (χ1v) is 3.53. The third-order valence-electron chi connectivity index (χ3n) is 0.568. The molecule has 0 saturated heterocycles. The number of carbonyl (C=O) groups excluding carboxylic acids is 2. The molecule has 1 aliphatic heterocycles. The van der Waals surface area contributed by atoms with Gasteiger partial charge in [0.15, 0.2) is 0 Å². The van der Waals surface area contributed by atoms with Gasteiger partial charge in [-0.1, -0.05) is 0 Å². The van der Waals surface area contributed by atoms with E-state index in [1.165, 1.54) is 0 Å². The van der Waals surface area contributed by atoms with Crippen LogP contribution >= 0.6 is 0 Å². The summed E-state index contributed by atoms with van der Waals surface area (Å²) in [4.78, 5) is 21.6. The largest absolute Gasteiger partial charge is 2.00 e. The fraction of sp³-hybridized carbons (Fsp3) is 0.571. The number of hydrogen-bond acceptors (Lipinski definition) is 6. The number of rotatable bonds is 0. The van der Waals surface area contributed by atoms with Crippen molar-refractivity contribution in [1.29, 1.82) is 0 Å². The van der Waals surface area contributed by atoms with Gasteiger partial charge in [0, 0.05) is 18.5 Å². The molecule has 0 radical (unpaired) electrons. The number of aliphatic carboxylic acids is 2. The van der Waals surface area contributed by atoms with Gasteiger partial charge in [-0.15, -0.1) is 0 Å². The molecular weight excluding hydrogens is 235 g/mol. The van der Waals surface area contributed by atoms with Crippen LogP contribution in [0, 0.1) is 0 Å². The summed E-state index contributed by atoms with van der Waals surface area (Å²) in [5, 5.41) is 20.7. The molecule has 1 heterocycles. The molecule has 0 aromatic rings. The minimum atomic E-state index is -1.08. The van der Waals surface area contributed by atoms with Crippen LogP contribution in [-0.4, -0.2) is 31.4 Å². The molecule has 1 rings (SSSR count). The molecule has 0 fully saturated rings. The van der Waals surface area contributed by atoms with Crippen molar-refractivity contribution in [3.05, 3.63) is 0 Å². The average molecular weight is 247 g/mol. The van der Waals surface area contributed by atoms with Gasteiger partial charge < -0.3 is 25.1 Å². The predicted octanol–water partition coefficient (Wildman–Crippen LogP) is -2.87. The van der Waals surface area contributed by atoms with Crippen LogP contribution in [0.2, 0.25) is 0 Å². The van der Waals surface area contributed by atoms with Crippen molar-refractivity contribution in [2.45, 2.75) is 13.8 Å². The van der Waals surface area contributed by atoms with Gasteiger partial charge in [-0.2, -0.15) is 0 Å². The second kappa shape index (κ2) is 14.4. The Hall–Kier alpha value is -1.10. The van der Waals surface area contributed by atoms with Crippen molar-refractivity contribution in [1.82, 2.24) is 5.32 Å². The van der Waals surface area contributed by atoms with Crippen LogP contribution < -0.4 is 15.5 Å². The zero-order chi connectivity index (χ0) is 10.7. The molecule has 1 N–H and O–H groups in total. The van der Waals surface area contributed by atoms with Crippen molar-refractivity contribution in [3.8, 4) is 0 Å². The van der Waals surface area contributed by atoms with E-state index in [-0.39, 0.29) is 16.5 Å². The molecule has 6 nitrogen and oxygen atoms in total. The minimum absolute atomic E-state index is 0. The van der Waals surface area contributed by atoms with Crippen LogP contribution in [-0.2, 0) is 26.1 Å². The van der Waals surface area contributed by atoms with Gasteiger partial charge in [-0.05, 0) is 13.8 Å². The monoisotopic (exact) mass is 246 g/mol. The third-order valence-corrected chi connectivity index (χ3v) is 0.568. The molecule has 0 aliphatic carbocycles. The van der Waals surface area contributed by atoms with Gasteiger partial charge in [-0.25, -0.2) is 0 Å². The summed E-state index contributed by atoms with van der Waals surface area (Å²) in [7, 11) is 0. The molecule has 0 spiro atoms. The molecule has 1 aliphatic rings. The van der Waals surface area contributed by atoms with Crippen LogP contribution in [0.1, 0.15) is 13.8 Å². The van der Waals surface area contributed by atoms with Crippen LogP contribution in [0.4, 0.5) is 0 Å². The first kappa shape index (κ1) is 18.6. The Morgan fingerprint density at radius 3 is 1.71 bits per heavy atom. The van der Waals surface area contributed by atoms with Crippen LogP contribution in [0.3, 0.4) is 0 Å². The number of hydrogen-bond donors (Lipinski definition) is 1. The third kappa shape index (κ3) is 70.2. The molecule has 84 valence electrons. The molecule has 0 atom stereocenters. The van der Waals surface area contributed by atoms with E-state index in [0.717, 1.165) is 26.9 Å². The van der Waals surface area contributed by atoms with Crippen molar-refractivity contribution in [2.75, 3.05) is 13.1 Å². The summed E-state index contributed by atoms with van der Waals surface area (Å²) >= 11 is 0. The molecule has 0 saturated carbocycles. The summed E-state index contributed by atoms with van der Waals surface area (Å²) in [6, 6.07) is 0. The van der Waals surface area contributed by atoms with Gasteiger partial charge in [0.1, 0.15) is 0 Å². The van der Waals surface area contributed by atoms with Crippen LogP contribution in [0.15, 0.2) is 4.99 Å². The zero-order valence-electron chi connectivity index (χ0n) is 7.89. The SMILES string of the molecule is C1=NCCN1.CC(=O)[O-].CC(=O)[O-].[Ni+2]. The maximum absolute atomic E-state index is 8.89. The molecule has 0 aromatic heterocycles. The molecule has 0 amide bonds. The Morgan fingerprint density at radius 2 is 1.64 bits per heavy atom. The zero-order valence-corrected chi connectivity index (χ0v) is 8.88. The Bertz CT molecular complexity index is 159. The molecular formula is C7H12N2NiO4. The van der Waals surface area contributed by atoms with Crippen LogP contribution in [0.25, 0.3) is 0 Å². The minimum Gasteiger partial charge on any atom is -0.550 e. The smallest absolute Gasteiger partial charge is 0.550 e. The second-order valence-electron chi connectivity index (χ2n) is 1.97. The van der Waals surface area contributed by atoms with Crippen molar-refractivity contribution < 1.29 is 36.3 Å². The maximum atomic E-state index is 8.89. The maximum Gasteiger partial charge on any atom is 2.00 e. The fourth-order valence-corrected chi connectivity index (χ4v) is 0.323. The number of carboxylic acids is 2. The van der Waals surface area contributed by atoms with E-state index in [4.69, 9.17) is 19.8 Å². The molecule has 0 unspecified atom stereocenters. The van der Waals surface area contributed by atoms with E-state index in [9.17, 15) is 0 Å². The summed E-state index contributed by atoms with van der Waals surface area (Å²) < 4.78 is 0. The number of carboxylic acid groups (broad SMARTS) is 2. The van der Waals surface area contributed by atoms with E-state index in [0.29, 0.717) is 0 Å². The van der Waals surface area contributed by atoms with E-state index < -0.39 is 11.9 Å². The van der Waals surface area contributed by atoms with E-state index >= 15 is 0 Å². The quantitative estimate of drug-likeness (QED) is 0.463. The molecule has 0 bridgehead atoms. The molecule has 0 aromatic carbocycles. The van der Waals surface area contributed by atoms with Gasteiger partial charge in [0.05, 0.1) is 12.9 Å². The van der Waals surface area contributed by atoms with Crippen molar-refractivity contribution in [3.63, 3.8) is 0 Å². The summed E-state index contributed by atoms with van der Waals surface area (Å²) in [5.41, 5.74) is 0.